The molecule has 0 spiro atoms. The van der Waals surface area contributed by atoms with E-state index in [-0.39, 0.29) is 17.8 Å². The number of aromatic nitrogens is 2. The Morgan fingerprint density at radius 1 is 1.22 bits per heavy atom. The summed E-state index contributed by atoms with van der Waals surface area (Å²) in [5.41, 5.74) is 4.03. The Kier molecular flexibility index (Phi) is 4.74. The van der Waals surface area contributed by atoms with Crippen molar-refractivity contribution in [2.75, 3.05) is 10.7 Å². The maximum Gasteiger partial charge on any atom is 0.237 e. The standard InChI is InChI=1S/C21H20FN3OS/c1-14-11-16-5-3-4-6-18(16)25(14)20(26)13-27-21-23-12-19(24(21)2)15-7-9-17(22)10-8-15/h3-10,12,14H,11,13H2,1-2H3/t14-/m0/s1. The molecule has 1 aliphatic rings. The number of amides is 1. The van der Waals surface area contributed by atoms with Crippen LogP contribution in [-0.2, 0) is 18.3 Å². The highest BCUT2D eigenvalue weighted by Gasteiger charge is 2.30. The molecule has 0 saturated carbocycles. The summed E-state index contributed by atoms with van der Waals surface area (Å²) in [6, 6.07) is 14.6. The van der Waals surface area contributed by atoms with E-state index in [0.29, 0.717) is 5.75 Å². The number of halogens is 1. The third-order valence-electron chi connectivity index (χ3n) is 4.89. The molecule has 1 atom stereocenters. The second kappa shape index (κ2) is 7.19. The minimum Gasteiger partial charge on any atom is -0.322 e. The van der Waals surface area contributed by atoms with Crippen LogP contribution in [0.25, 0.3) is 11.3 Å². The van der Waals surface area contributed by atoms with E-state index in [2.05, 4.69) is 18.0 Å². The van der Waals surface area contributed by atoms with Crippen molar-refractivity contribution in [2.24, 2.45) is 7.05 Å². The molecule has 4 rings (SSSR count). The van der Waals surface area contributed by atoms with Gasteiger partial charge in [0.05, 0.1) is 17.6 Å². The van der Waals surface area contributed by atoms with Gasteiger partial charge < -0.3 is 9.47 Å². The Morgan fingerprint density at radius 2 is 1.96 bits per heavy atom. The Labute approximate surface area is 162 Å². The second-order valence-corrected chi connectivity index (χ2v) is 7.67. The number of carbonyl (C=O) groups excluding carboxylic acids is 1. The fraction of sp³-hybridized carbons (Fsp3) is 0.238. The third kappa shape index (κ3) is 3.37. The van der Waals surface area contributed by atoms with Crippen LogP contribution in [0.4, 0.5) is 10.1 Å². The predicted molar refractivity (Wildman–Crippen MR) is 106 cm³/mol. The summed E-state index contributed by atoms with van der Waals surface area (Å²) in [5, 5.41) is 0.766. The van der Waals surface area contributed by atoms with E-state index in [9.17, 15) is 9.18 Å². The van der Waals surface area contributed by atoms with Gasteiger partial charge in [0.2, 0.25) is 5.91 Å². The van der Waals surface area contributed by atoms with Gasteiger partial charge in [0.1, 0.15) is 5.82 Å². The van der Waals surface area contributed by atoms with Crippen molar-refractivity contribution in [3.8, 4) is 11.3 Å². The van der Waals surface area contributed by atoms with Gasteiger partial charge in [-0.1, -0.05) is 30.0 Å². The highest BCUT2D eigenvalue weighted by Crippen LogP contribution is 2.33. The van der Waals surface area contributed by atoms with Gasteiger partial charge in [0, 0.05) is 18.8 Å². The van der Waals surface area contributed by atoms with Gasteiger partial charge in [0.15, 0.2) is 5.16 Å². The molecule has 138 valence electrons. The fourth-order valence-electron chi connectivity index (χ4n) is 3.56. The van der Waals surface area contributed by atoms with Gasteiger partial charge in [-0.2, -0.15) is 0 Å². The summed E-state index contributed by atoms with van der Waals surface area (Å²) in [6.45, 7) is 2.08. The minimum absolute atomic E-state index is 0.0868. The zero-order valence-electron chi connectivity index (χ0n) is 15.2. The van der Waals surface area contributed by atoms with Crippen LogP contribution in [0.1, 0.15) is 12.5 Å². The minimum atomic E-state index is -0.263. The number of imidazole rings is 1. The Balaban J connectivity index is 1.48. The lowest BCUT2D eigenvalue weighted by Crippen LogP contribution is -2.37. The Morgan fingerprint density at radius 3 is 2.74 bits per heavy atom. The van der Waals surface area contributed by atoms with Gasteiger partial charge in [0.25, 0.3) is 0 Å². The molecule has 0 radical (unpaired) electrons. The Bertz CT molecular complexity index is 983. The maximum atomic E-state index is 13.1. The van der Waals surface area contributed by atoms with Crippen LogP contribution < -0.4 is 4.90 Å². The van der Waals surface area contributed by atoms with Crippen molar-refractivity contribution in [3.63, 3.8) is 0 Å². The zero-order valence-corrected chi connectivity index (χ0v) is 16.0. The molecule has 0 unspecified atom stereocenters. The van der Waals surface area contributed by atoms with E-state index >= 15 is 0 Å². The lowest BCUT2D eigenvalue weighted by atomic mass is 10.1. The number of hydrogen-bond donors (Lipinski definition) is 0. The predicted octanol–water partition coefficient (Wildman–Crippen LogP) is 4.30. The number of fused-ring (bicyclic) bond motifs is 1. The van der Waals surface area contributed by atoms with Gasteiger partial charge in [-0.3, -0.25) is 4.79 Å². The number of carbonyl (C=O) groups is 1. The van der Waals surface area contributed by atoms with Crippen molar-refractivity contribution < 1.29 is 9.18 Å². The summed E-state index contributed by atoms with van der Waals surface area (Å²) in [6.07, 6.45) is 2.65. The van der Waals surface area contributed by atoms with E-state index < -0.39 is 0 Å². The average Bonchev–Trinajstić information content (AvgIpc) is 3.19. The molecule has 0 fully saturated rings. The number of nitrogens with zero attached hydrogens (tertiary/aromatic N) is 3. The number of benzene rings is 2. The molecule has 0 bridgehead atoms. The highest BCUT2D eigenvalue weighted by molar-refractivity contribution is 7.99. The van der Waals surface area contributed by atoms with Gasteiger partial charge in [-0.25, -0.2) is 9.37 Å². The van der Waals surface area contributed by atoms with Crippen LogP contribution in [0.5, 0.6) is 0 Å². The van der Waals surface area contributed by atoms with E-state index in [1.807, 2.05) is 34.7 Å². The number of hydrogen-bond acceptors (Lipinski definition) is 3. The normalized spacial score (nSPS) is 15.8. The molecule has 0 saturated heterocycles. The quantitative estimate of drug-likeness (QED) is 0.633. The van der Waals surface area contributed by atoms with Crippen molar-refractivity contribution in [1.29, 1.82) is 0 Å². The van der Waals surface area contributed by atoms with Crippen LogP contribution in [0.15, 0.2) is 59.9 Å². The highest BCUT2D eigenvalue weighted by atomic mass is 32.2. The molecule has 27 heavy (non-hydrogen) atoms. The molecule has 0 N–H and O–H groups in total. The van der Waals surface area contributed by atoms with E-state index in [1.165, 1.54) is 29.5 Å². The summed E-state index contributed by atoms with van der Waals surface area (Å²) in [5.74, 6) is 0.150. The van der Waals surface area contributed by atoms with E-state index in [0.717, 1.165) is 28.5 Å². The van der Waals surface area contributed by atoms with Gasteiger partial charge >= 0.3 is 0 Å². The average molecular weight is 381 g/mol. The van der Waals surface area contributed by atoms with Crippen LogP contribution >= 0.6 is 11.8 Å². The summed E-state index contributed by atoms with van der Waals surface area (Å²) < 4.78 is 15.1. The number of para-hydroxylation sites is 1. The fourth-order valence-corrected chi connectivity index (χ4v) is 4.37. The topological polar surface area (TPSA) is 38.1 Å². The first-order valence-electron chi connectivity index (χ1n) is 8.85. The molecule has 4 nitrogen and oxygen atoms in total. The first kappa shape index (κ1) is 17.8. The summed E-state index contributed by atoms with van der Waals surface area (Å²) in [7, 11) is 1.91. The van der Waals surface area contributed by atoms with Gasteiger partial charge in [-0.05, 0) is 54.8 Å². The molecule has 1 aliphatic heterocycles. The van der Waals surface area contributed by atoms with E-state index in [1.54, 1.807) is 18.3 Å². The maximum absolute atomic E-state index is 13.1. The number of rotatable bonds is 4. The molecule has 6 heteroatoms. The summed E-state index contributed by atoms with van der Waals surface area (Å²) >= 11 is 1.42. The zero-order chi connectivity index (χ0) is 19.0. The molecular formula is C21H20FN3OS. The SMILES string of the molecule is C[C@H]1Cc2ccccc2N1C(=O)CSc1ncc(-c2ccc(F)cc2)n1C. The second-order valence-electron chi connectivity index (χ2n) is 6.73. The molecule has 2 aromatic carbocycles. The lowest BCUT2D eigenvalue weighted by molar-refractivity contribution is -0.116. The molecule has 1 amide bonds. The van der Waals surface area contributed by atoms with Gasteiger partial charge in [-0.15, -0.1) is 0 Å². The monoisotopic (exact) mass is 381 g/mol. The van der Waals surface area contributed by atoms with Crippen molar-refractivity contribution in [1.82, 2.24) is 9.55 Å². The smallest absolute Gasteiger partial charge is 0.237 e. The van der Waals surface area contributed by atoms with Crippen LogP contribution in [0.2, 0.25) is 0 Å². The molecule has 1 aromatic heterocycles. The molecule has 3 aromatic rings. The number of anilines is 1. The van der Waals surface area contributed by atoms with Crippen LogP contribution in [0.3, 0.4) is 0 Å². The lowest BCUT2D eigenvalue weighted by Gasteiger charge is -2.22. The molecule has 0 aliphatic carbocycles. The first-order valence-corrected chi connectivity index (χ1v) is 9.83. The van der Waals surface area contributed by atoms with E-state index in [4.69, 9.17) is 0 Å². The molecule has 2 heterocycles. The molecular weight excluding hydrogens is 361 g/mol. The van der Waals surface area contributed by atoms with Crippen LogP contribution in [-0.4, -0.2) is 27.3 Å². The van der Waals surface area contributed by atoms with Crippen molar-refractivity contribution >= 4 is 23.4 Å². The largest absolute Gasteiger partial charge is 0.322 e. The first-order chi connectivity index (χ1) is 13.0. The third-order valence-corrected chi connectivity index (χ3v) is 5.91. The summed E-state index contributed by atoms with van der Waals surface area (Å²) in [4.78, 5) is 19.2. The van der Waals surface area contributed by atoms with Crippen LogP contribution in [0, 0.1) is 5.82 Å². The van der Waals surface area contributed by atoms with Crippen molar-refractivity contribution in [2.45, 2.75) is 24.5 Å². The van der Waals surface area contributed by atoms with Crippen molar-refractivity contribution in [3.05, 3.63) is 66.1 Å². The Hall–Kier alpha value is -2.60. The number of thioether (sulfide) groups is 1.